The molecular weight excluding hydrogens is 336 g/mol. The minimum Gasteiger partial charge on any atom is -0.370 e. The summed E-state index contributed by atoms with van der Waals surface area (Å²) >= 11 is 3.42. The first-order valence-electron chi connectivity index (χ1n) is 6.82. The quantitative estimate of drug-likeness (QED) is 0.341. The number of rotatable bonds is 6. The molecule has 0 bridgehead atoms. The Hall–Kier alpha value is -1.69. The Bertz CT molecular complexity index is 599. The Kier molecular flexibility index (Phi) is 5.12. The summed E-state index contributed by atoms with van der Waals surface area (Å²) in [6.45, 7) is 3.25. The fourth-order valence-corrected chi connectivity index (χ4v) is 2.88. The maximum atomic E-state index is 11.4. The van der Waals surface area contributed by atoms with Crippen LogP contribution in [-0.4, -0.2) is 29.6 Å². The van der Waals surface area contributed by atoms with E-state index in [4.69, 9.17) is 0 Å². The SMILES string of the molecule is CC(=Cc1cc(C=O)c2c(c1)CCN2CCCBr)[N+](=O)[O-]. The van der Waals surface area contributed by atoms with Crippen molar-refractivity contribution >= 4 is 34.0 Å². The molecule has 0 spiro atoms. The molecule has 0 aromatic heterocycles. The van der Waals surface area contributed by atoms with E-state index in [0.29, 0.717) is 11.1 Å². The van der Waals surface area contributed by atoms with Crippen LogP contribution in [0.5, 0.6) is 0 Å². The van der Waals surface area contributed by atoms with Gasteiger partial charge in [-0.3, -0.25) is 14.9 Å². The van der Waals surface area contributed by atoms with Crippen LogP contribution in [0.15, 0.2) is 17.8 Å². The zero-order valence-corrected chi connectivity index (χ0v) is 13.4. The molecule has 0 atom stereocenters. The van der Waals surface area contributed by atoms with Gasteiger partial charge in [-0.15, -0.1) is 0 Å². The topological polar surface area (TPSA) is 63.5 Å². The molecule has 112 valence electrons. The lowest BCUT2D eigenvalue weighted by Crippen LogP contribution is -2.23. The Balaban J connectivity index is 2.38. The highest BCUT2D eigenvalue weighted by atomic mass is 79.9. The minimum absolute atomic E-state index is 0.0703. The number of anilines is 1. The summed E-state index contributed by atoms with van der Waals surface area (Å²) < 4.78 is 0. The van der Waals surface area contributed by atoms with Crippen LogP contribution in [0, 0.1) is 10.1 Å². The van der Waals surface area contributed by atoms with Crippen molar-refractivity contribution in [3.8, 4) is 0 Å². The largest absolute Gasteiger partial charge is 0.370 e. The van der Waals surface area contributed by atoms with Gasteiger partial charge in [0.1, 0.15) is 0 Å². The van der Waals surface area contributed by atoms with Crippen molar-refractivity contribution in [3.63, 3.8) is 0 Å². The second-order valence-corrected chi connectivity index (χ2v) is 5.85. The van der Waals surface area contributed by atoms with Crippen LogP contribution >= 0.6 is 15.9 Å². The van der Waals surface area contributed by atoms with E-state index >= 15 is 0 Å². The van der Waals surface area contributed by atoms with E-state index in [0.717, 1.165) is 48.8 Å². The van der Waals surface area contributed by atoms with Gasteiger partial charge in [0.2, 0.25) is 5.70 Å². The second kappa shape index (κ2) is 6.85. The normalized spacial score (nSPS) is 14.2. The first-order valence-corrected chi connectivity index (χ1v) is 7.94. The van der Waals surface area contributed by atoms with Gasteiger partial charge in [0.05, 0.1) is 10.6 Å². The van der Waals surface area contributed by atoms with Crippen LogP contribution in [0.1, 0.15) is 34.8 Å². The van der Waals surface area contributed by atoms with Crippen molar-refractivity contribution in [2.75, 3.05) is 23.3 Å². The predicted octanol–water partition coefficient (Wildman–Crippen LogP) is 3.28. The van der Waals surface area contributed by atoms with Crippen LogP contribution < -0.4 is 4.90 Å². The molecule has 0 saturated heterocycles. The van der Waals surface area contributed by atoms with E-state index in [1.807, 2.05) is 6.07 Å². The number of benzene rings is 1. The summed E-state index contributed by atoms with van der Waals surface area (Å²) in [7, 11) is 0. The first kappa shape index (κ1) is 15.7. The number of alkyl halides is 1. The highest BCUT2D eigenvalue weighted by Crippen LogP contribution is 2.33. The monoisotopic (exact) mass is 352 g/mol. The van der Waals surface area contributed by atoms with Gasteiger partial charge in [0.25, 0.3) is 0 Å². The van der Waals surface area contributed by atoms with Gasteiger partial charge in [0, 0.05) is 37.0 Å². The Morgan fingerprint density at radius 2 is 2.29 bits per heavy atom. The molecule has 1 aromatic rings. The maximum absolute atomic E-state index is 11.4. The van der Waals surface area contributed by atoms with Crippen molar-refractivity contribution < 1.29 is 9.72 Å². The van der Waals surface area contributed by atoms with Crippen molar-refractivity contribution in [2.45, 2.75) is 19.8 Å². The van der Waals surface area contributed by atoms with Gasteiger partial charge in [-0.05, 0) is 36.1 Å². The lowest BCUT2D eigenvalue weighted by atomic mass is 10.0. The molecule has 0 aliphatic carbocycles. The number of nitro groups is 1. The number of hydrogen-bond donors (Lipinski definition) is 0. The van der Waals surface area contributed by atoms with Crippen molar-refractivity contribution in [2.24, 2.45) is 0 Å². The van der Waals surface area contributed by atoms with Crippen LogP contribution in [-0.2, 0) is 6.42 Å². The van der Waals surface area contributed by atoms with Gasteiger partial charge in [0.15, 0.2) is 6.29 Å². The van der Waals surface area contributed by atoms with E-state index in [1.54, 1.807) is 6.07 Å². The minimum atomic E-state index is -0.421. The number of nitrogens with zero attached hydrogens (tertiary/aromatic N) is 2. The first-order chi connectivity index (χ1) is 10.1. The van der Waals surface area contributed by atoms with Gasteiger partial charge >= 0.3 is 0 Å². The van der Waals surface area contributed by atoms with Crippen molar-refractivity contribution in [3.05, 3.63) is 44.6 Å². The number of halogens is 1. The van der Waals surface area contributed by atoms with Gasteiger partial charge in [-0.1, -0.05) is 15.9 Å². The molecule has 1 aliphatic heterocycles. The molecule has 2 rings (SSSR count). The summed E-state index contributed by atoms with van der Waals surface area (Å²) in [5.41, 5.74) is 3.48. The third kappa shape index (κ3) is 3.50. The Morgan fingerprint density at radius 3 is 2.90 bits per heavy atom. The molecule has 0 radical (unpaired) electrons. The Morgan fingerprint density at radius 1 is 1.52 bits per heavy atom. The molecule has 6 heteroatoms. The Labute approximate surface area is 131 Å². The molecule has 0 amide bonds. The maximum Gasteiger partial charge on any atom is 0.243 e. The van der Waals surface area contributed by atoms with E-state index in [1.165, 1.54) is 13.0 Å². The lowest BCUT2D eigenvalue weighted by Gasteiger charge is -2.20. The third-order valence-corrected chi connectivity index (χ3v) is 4.12. The molecule has 1 aliphatic rings. The average Bonchev–Trinajstić information content (AvgIpc) is 2.87. The standard InChI is InChI=1S/C15H17BrN2O3/c1-11(18(20)21)7-12-8-13-3-6-17(5-2-4-16)15(13)14(9-12)10-19/h7-10H,2-6H2,1H3. The van der Waals surface area contributed by atoms with Gasteiger partial charge in [-0.2, -0.15) is 0 Å². The smallest absolute Gasteiger partial charge is 0.243 e. The summed E-state index contributed by atoms with van der Waals surface area (Å²) in [4.78, 5) is 23.9. The number of hydrogen-bond acceptors (Lipinski definition) is 4. The molecule has 0 saturated carbocycles. The van der Waals surface area contributed by atoms with E-state index < -0.39 is 4.92 Å². The number of carbonyl (C=O) groups is 1. The summed E-state index contributed by atoms with van der Waals surface area (Å²) in [6.07, 6.45) is 4.23. The molecule has 21 heavy (non-hydrogen) atoms. The number of aldehydes is 1. The molecule has 0 N–H and O–H groups in total. The number of fused-ring (bicyclic) bond motifs is 1. The highest BCUT2D eigenvalue weighted by Gasteiger charge is 2.22. The highest BCUT2D eigenvalue weighted by molar-refractivity contribution is 9.09. The number of allylic oxidation sites excluding steroid dienone is 1. The summed E-state index contributed by atoms with van der Waals surface area (Å²) in [5.74, 6) is 0. The molecule has 1 heterocycles. The fraction of sp³-hybridized carbons (Fsp3) is 0.400. The van der Waals surface area contributed by atoms with Crippen molar-refractivity contribution in [1.82, 2.24) is 0 Å². The van der Waals surface area contributed by atoms with Gasteiger partial charge in [-0.25, -0.2) is 0 Å². The van der Waals surface area contributed by atoms with E-state index in [-0.39, 0.29) is 5.70 Å². The third-order valence-electron chi connectivity index (χ3n) is 3.56. The lowest BCUT2D eigenvalue weighted by molar-refractivity contribution is -0.422. The zero-order valence-electron chi connectivity index (χ0n) is 11.8. The predicted molar refractivity (Wildman–Crippen MR) is 86.8 cm³/mol. The van der Waals surface area contributed by atoms with Crippen LogP contribution in [0.2, 0.25) is 0 Å². The molecule has 0 fully saturated rings. The molecule has 5 nitrogen and oxygen atoms in total. The zero-order chi connectivity index (χ0) is 15.4. The molecule has 1 aromatic carbocycles. The number of carbonyl (C=O) groups excluding carboxylic acids is 1. The van der Waals surface area contributed by atoms with E-state index in [2.05, 4.69) is 20.8 Å². The molecule has 0 unspecified atom stereocenters. The fourth-order valence-electron chi connectivity index (χ4n) is 2.63. The summed E-state index contributed by atoms with van der Waals surface area (Å²) in [5, 5.41) is 11.6. The van der Waals surface area contributed by atoms with Crippen molar-refractivity contribution in [1.29, 1.82) is 0 Å². The summed E-state index contributed by atoms with van der Waals surface area (Å²) in [6, 6.07) is 3.68. The van der Waals surface area contributed by atoms with E-state index in [9.17, 15) is 14.9 Å². The average molecular weight is 353 g/mol. The molecular formula is C15H17BrN2O3. The van der Waals surface area contributed by atoms with Crippen LogP contribution in [0.25, 0.3) is 6.08 Å². The second-order valence-electron chi connectivity index (χ2n) is 5.06. The van der Waals surface area contributed by atoms with Crippen LogP contribution in [0.4, 0.5) is 5.69 Å². The van der Waals surface area contributed by atoms with Crippen LogP contribution in [0.3, 0.4) is 0 Å². The van der Waals surface area contributed by atoms with Gasteiger partial charge < -0.3 is 4.90 Å².